The van der Waals surface area contributed by atoms with Gasteiger partial charge in [-0.1, -0.05) is 36.4 Å². The summed E-state index contributed by atoms with van der Waals surface area (Å²) in [4.78, 5) is 37.3. The minimum Gasteiger partial charge on any atom is -0.343 e. The fourth-order valence-electron chi connectivity index (χ4n) is 4.26. The number of fused-ring (bicyclic) bond motifs is 1. The lowest BCUT2D eigenvalue weighted by molar-refractivity contribution is -0.130. The molecule has 0 radical (unpaired) electrons. The Morgan fingerprint density at radius 2 is 1.89 bits per heavy atom. The number of likely N-dealkylation sites (N-methyl/N-ethyl adjacent to an activating group) is 1. The van der Waals surface area contributed by atoms with E-state index < -0.39 is 0 Å². The number of carbonyl (C=O) groups is 2. The van der Waals surface area contributed by atoms with Crippen LogP contribution in [0.5, 0.6) is 0 Å². The zero-order valence-corrected chi connectivity index (χ0v) is 19.9. The zero-order valence-electron chi connectivity index (χ0n) is 19.9. The van der Waals surface area contributed by atoms with Crippen molar-refractivity contribution in [3.63, 3.8) is 0 Å². The van der Waals surface area contributed by atoms with Crippen molar-refractivity contribution in [3.05, 3.63) is 83.3 Å². The van der Waals surface area contributed by atoms with Crippen molar-refractivity contribution in [1.82, 2.24) is 30.0 Å². The van der Waals surface area contributed by atoms with Gasteiger partial charge in [0.15, 0.2) is 11.5 Å². The summed E-state index contributed by atoms with van der Waals surface area (Å²) in [5, 5.41) is 8.17. The molecule has 0 aliphatic heterocycles. The molecule has 0 atom stereocenters. The van der Waals surface area contributed by atoms with Crippen LogP contribution in [0.1, 0.15) is 53.0 Å². The molecule has 0 bridgehead atoms. The summed E-state index contributed by atoms with van der Waals surface area (Å²) in [6.45, 7) is 4.79. The number of aryl methyl sites for hydroxylation is 1. The molecule has 2 amide bonds. The number of hydrogen-bond donors (Lipinski definition) is 1. The second kappa shape index (κ2) is 9.66. The molecule has 1 saturated carbocycles. The molecule has 4 aromatic rings. The third-order valence-corrected chi connectivity index (χ3v) is 6.29. The predicted molar refractivity (Wildman–Crippen MR) is 133 cm³/mol. The van der Waals surface area contributed by atoms with Gasteiger partial charge in [0, 0.05) is 30.9 Å². The molecule has 1 N–H and O–H groups in total. The Balaban J connectivity index is 1.41. The predicted octanol–water partition coefficient (Wildman–Crippen LogP) is 3.78. The van der Waals surface area contributed by atoms with E-state index in [4.69, 9.17) is 4.98 Å². The smallest absolute Gasteiger partial charge is 0.252 e. The number of amides is 2. The van der Waals surface area contributed by atoms with Gasteiger partial charge in [-0.15, -0.1) is 0 Å². The van der Waals surface area contributed by atoms with Crippen LogP contribution in [-0.2, 0) is 11.3 Å². The third kappa shape index (κ3) is 4.77. The number of benzene rings is 1. The van der Waals surface area contributed by atoms with Crippen LogP contribution in [0.2, 0.25) is 0 Å². The number of hydrogen-bond acceptors (Lipinski definition) is 5. The van der Waals surface area contributed by atoms with E-state index in [0.717, 1.165) is 24.1 Å². The maximum atomic E-state index is 13.4. The molecule has 1 aliphatic rings. The van der Waals surface area contributed by atoms with Crippen LogP contribution in [0, 0.1) is 6.92 Å². The maximum absolute atomic E-state index is 13.4. The van der Waals surface area contributed by atoms with Gasteiger partial charge in [0.25, 0.3) is 5.91 Å². The molecule has 3 aromatic heterocycles. The average Bonchev–Trinajstić information content (AvgIpc) is 3.69. The van der Waals surface area contributed by atoms with Gasteiger partial charge in [0.05, 0.1) is 23.2 Å². The van der Waals surface area contributed by atoms with Gasteiger partial charge in [-0.3, -0.25) is 9.59 Å². The molecule has 5 rings (SSSR count). The summed E-state index contributed by atoms with van der Waals surface area (Å²) in [5.74, 6) is 0.568. The molecule has 1 fully saturated rings. The van der Waals surface area contributed by atoms with E-state index >= 15 is 0 Å². The second-order valence-electron chi connectivity index (χ2n) is 8.83. The lowest BCUT2D eigenvalue weighted by Crippen LogP contribution is -2.39. The van der Waals surface area contributed by atoms with Gasteiger partial charge in [0.1, 0.15) is 0 Å². The van der Waals surface area contributed by atoms with Gasteiger partial charge < -0.3 is 10.2 Å². The molecule has 8 heteroatoms. The van der Waals surface area contributed by atoms with Crippen LogP contribution in [0.15, 0.2) is 60.8 Å². The van der Waals surface area contributed by atoms with Crippen molar-refractivity contribution >= 4 is 22.8 Å². The van der Waals surface area contributed by atoms with Crippen LogP contribution in [-0.4, -0.2) is 49.6 Å². The zero-order chi connectivity index (χ0) is 24.4. The number of rotatable bonds is 8. The Bertz CT molecular complexity index is 1360. The summed E-state index contributed by atoms with van der Waals surface area (Å²) in [7, 11) is 0. The Morgan fingerprint density at radius 1 is 1.11 bits per heavy atom. The Hall–Kier alpha value is -4.07. The molecule has 1 aromatic carbocycles. The van der Waals surface area contributed by atoms with Crippen LogP contribution >= 0.6 is 0 Å². The lowest BCUT2D eigenvalue weighted by Gasteiger charge is -2.21. The highest BCUT2D eigenvalue weighted by Gasteiger charge is 2.29. The fraction of sp³-hybridized carbons (Fsp3) is 0.296. The first-order valence-corrected chi connectivity index (χ1v) is 12.0. The van der Waals surface area contributed by atoms with E-state index in [1.165, 1.54) is 0 Å². The minimum atomic E-state index is -0.299. The topological polar surface area (TPSA) is 93.0 Å². The fourth-order valence-corrected chi connectivity index (χ4v) is 4.26. The molecular formula is C27H28N6O2. The standard InChI is InChI=1S/C27H28N6O2/c1-3-32(17-19-9-5-4-6-10-19)24(34)16-29-27(35)21-15-22(20-12-13-20)30-26-25(21)18(2)31-33(26)23-11-7-8-14-28-23/h4-11,14-15,20H,3,12-13,16-17H2,1-2H3,(H,29,35). The van der Waals surface area contributed by atoms with Crippen LogP contribution in [0.4, 0.5) is 0 Å². The molecule has 8 nitrogen and oxygen atoms in total. The maximum Gasteiger partial charge on any atom is 0.252 e. The Kier molecular flexibility index (Phi) is 6.27. The number of nitrogens with one attached hydrogen (secondary N) is 1. The summed E-state index contributed by atoms with van der Waals surface area (Å²) in [6, 6.07) is 17.3. The van der Waals surface area contributed by atoms with Crippen molar-refractivity contribution in [1.29, 1.82) is 0 Å². The van der Waals surface area contributed by atoms with Gasteiger partial charge in [0.2, 0.25) is 5.91 Å². The lowest BCUT2D eigenvalue weighted by atomic mass is 10.1. The van der Waals surface area contributed by atoms with Crippen molar-refractivity contribution in [2.45, 2.75) is 39.2 Å². The molecule has 0 spiro atoms. The van der Waals surface area contributed by atoms with E-state index in [1.807, 2.05) is 68.4 Å². The SMILES string of the molecule is CCN(Cc1ccccc1)C(=O)CNC(=O)c1cc(C2CC2)nc2c1c(C)nn2-c1ccccn1. The van der Waals surface area contributed by atoms with Crippen molar-refractivity contribution in [3.8, 4) is 5.82 Å². The van der Waals surface area contributed by atoms with Crippen LogP contribution in [0.3, 0.4) is 0 Å². The second-order valence-corrected chi connectivity index (χ2v) is 8.83. The highest BCUT2D eigenvalue weighted by Crippen LogP contribution is 2.40. The summed E-state index contributed by atoms with van der Waals surface area (Å²) < 4.78 is 1.69. The normalized spacial score (nSPS) is 13.1. The van der Waals surface area contributed by atoms with Crippen molar-refractivity contribution in [2.24, 2.45) is 0 Å². The molecule has 0 unspecified atom stereocenters. The van der Waals surface area contributed by atoms with Gasteiger partial charge in [-0.25, -0.2) is 9.97 Å². The third-order valence-electron chi connectivity index (χ3n) is 6.29. The van der Waals surface area contributed by atoms with Gasteiger partial charge in [-0.05, 0) is 50.5 Å². The van der Waals surface area contributed by atoms with Gasteiger partial charge >= 0.3 is 0 Å². The molecule has 0 saturated heterocycles. The monoisotopic (exact) mass is 468 g/mol. The van der Waals surface area contributed by atoms with E-state index in [1.54, 1.807) is 15.8 Å². The number of aromatic nitrogens is 4. The van der Waals surface area contributed by atoms with Gasteiger partial charge in [-0.2, -0.15) is 9.78 Å². The number of pyridine rings is 2. The summed E-state index contributed by atoms with van der Waals surface area (Å²) in [5.41, 5.74) is 3.73. The number of carbonyl (C=O) groups excluding carboxylic acids is 2. The molecule has 3 heterocycles. The Morgan fingerprint density at radius 3 is 2.57 bits per heavy atom. The van der Waals surface area contributed by atoms with Crippen LogP contribution in [0.25, 0.3) is 16.9 Å². The highest BCUT2D eigenvalue weighted by atomic mass is 16.2. The average molecular weight is 469 g/mol. The molecule has 178 valence electrons. The van der Waals surface area contributed by atoms with E-state index in [9.17, 15) is 9.59 Å². The Labute approximate surface area is 204 Å². The quantitative estimate of drug-likeness (QED) is 0.425. The summed E-state index contributed by atoms with van der Waals surface area (Å²) >= 11 is 0. The molecule has 35 heavy (non-hydrogen) atoms. The van der Waals surface area contributed by atoms with Crippen molar-refractivity contribution < 1.29 is 9.59 Å². The minimum absolute atomic E-state index is 0.0739. The first-order valence-electron chi connectivity index (χ1n) is 12.0. The van der Waals surface area contributed by atoms with E-state index in [0.29, 0.717) is 47.1 Å². The van der Waals surface area contributed by atoms with Crippen molar-refractivity contribution in [2.75, 3.05) is 13.1 Å². The van der Waals surface area contributed by atoms with E-state index in [2.05, 4.69) is 15.4 Å². The molecular weight excluding hydrogens is 440 g/mol. The van der Waals surface area contributed by atoms with Crippen LogP contribution < -0.4 is 5.32 Å². The first kappa shape index (κ1) is 22.7. The molecule has 1 aliphatic carbocycles. The summed E-state index contributed by atoms with van der Waals surface area (Å²) in [6.07, 6.45) is 3.82. The largest absolute Gasteiger partial charge is 0.343 e. The van der Waals surface area contributed by atoms with E-state index in [-0.39, 0.29) is 18.4 Å². The highest BCUT2D eigenvalue weighted by molar-refractivity contribution is 6.07. The first-order chi connectivity index (χ1) is 17.0. The number of nitrogens with zero attached hydrogens (tertiary/aromatic N) is 5.